The summed E-state index contributed by atoms with van der Waals surface area (Å²) in [4.78, 5) is 15.4. The van der Waals surface area contributed by atoms with E-state index in [1.165, 1.54) is 37.8 Å². The third-order valence-electron chi connectivity index (χ3n) is 4.89. The van der Waals surface area contributed by atoms with Gasteiger partial charge in [0, 0.05) is 6.04 Å². The monoisotopic (exact) mass is 294 g/mol. The molecule has 0 amide bonds. The van der Waals surface area contributed by atoms with Crippen molar-refractivity contribution in [1.29, 1.82) is 0 Å². The molecule has 108 valence electrons. The molecular formula is C15H19ClN2O2. The Balaban J connectivity index is 1.77. The molecule has 2 aliphatic rings. The van der Waals surface area contributed by atoms with Crippen LogP contribution in [0.2, 0.25) is 5.15 Å². The summed E-state index contributed by atoms with van der Waals surface area (Å²) in [5, 5.41) is 12.8. The van der Waals surface area contributed by atoms with Crippen molar-refractivity contribution in [3.63, 3.8) is 0 Å². The first-order chi connectivity index (χ1) is 9.54. The molecule has 1 aromatic rings. The average Bonchev–Trinajstić information content (AvgIpc) is 3.00. The largest absolute Gasteiger partial charge is 0.478 e. The van der Waals surface area contributed by atoms with Gasteiger partial charge in [0.2, 0.25) is 0 Å². The number of fused-ring (bicyclic) bond motifs is 2. The summed E-state index contributed by atoms with van der Waals surface area (Å²) in [6.45, 7) is 2.12. The van der Waals surface area contributed by atoms with Gasteiger partial charge in [-0.15, -0.1) is 0 Å². The maximum Gasteiger partial charge on any atom is 0.339 e. The second kappa shape index (κ2) is 5.24. The number of nitrogens with one attached hydrogen (secondary N) is 1. The van der Waals surface area contributed by atoms with E-state index in [2.05, 4.69) is 17.2 Å². The van der Waals surface area contributed by atoms with Crippen molar-refractivity contribution in [2.45, 2.75) is 38.6 Å². The van der Waals surface area contributed by atoms with Gasteiger partial charge in [-0.05, 0) is 56.1 Å². The van der Waals surface area contributed by atoms with E-state index in [9.17, 15) is 9.90 Å². The summed E-state index contributed by atoms with van der Waals surface area (Å²) in [5.41, 5.74) is 0.185. The highest BCUT2D eigenvalue weighted by molar-refractivity contribution is 6.29. The fraction of sp³-hybridized carbons (Fsp3) is 0.600. The lowest BCUT2D eigenvalue weighted by Crippen LogP contribution is -2.31. The van der Waals surface area contributed by atoms with E-state index in [0.29, 0.717) is 16.9 Å². The molecule has 0 aromatic carbocycles. The van der Waals surface area contributed by atoms with Gasteiger partial charge in [-0.2, -0.15) is 0 Å². The Morgan fingerprint density at radius 2 is 2.25 bits per heavy atom. The van der Waals surface area contributed by atoms with Crippen LogP contribution in [0.15, 0.2) is 12.1 Å². The quantitative estimate of drug-likeness (QED) is 0.832. The summed E-state index contributed by atoms with van der Waals surface area (Å²) >= 11 is 5.88. The topological polar surface area (TPSA) is 62.2 Å². The van der Waals surface area contributed by atoms with Gasteiger partial charge >= 0.3 is 5.97 Å². The van der Waals surface area contributed by atoms with Crippen LogP contribution in [0.3, 0.4) is 0 Å². The molecule has 1 aromatic heterocycles. The summed E-state index contributed by atoms with van der Waals surface area (Å²) in [6, 6.07) is 3.25. The number of hydrogen-bond acceptors (Lipinski definition) is 3. The number of rotatable bonds is 4. The van der Waals surface area contributed by atoms with Crippen LogP contribution >= 0.6 is 11.6 Å². The Morgan fingerprint density at radius 1 is 1.45 bits per heavy atom. The Morgan fingerprint density at radius 3 is 2.85 bits per heavy atom. The first-order valence-corrected chi connectivity index (χ1v) is 7.58. The number of pyridine rings is 1. The molecule has 0 spiro atoms. The number of aromatic nitrogens is 1. The van der Waals surface area contributed by atoms with Gasteiger partial charge in [0.25, 0.3) is 0 Å². The second-order valence-electron chi connectivity index (χ2n) is 6.11. The van der Waals surface area contributed by atoms with Crippen LogP contribution in [0.5, 0.6) is 0 Å². The van der Waals surface area contributed by atoms with Gasteiger partial charge in [0.15, 0.2) is 0 Å². The lowest BCUT2D eigenvalue weighted by atomic mass is 9.84. The highest BCUT2D eigenvalue weighted by Crippen LogP contribution is 2.49. The van der Waals surface area contributed by atoms with E-state index >= 15 is 0 Å². The Kier molecular flexibility index (Phi) is 3.59. The number of halogens is 1. The number of nitrogens with zero attached hydrogens (tertiary/aromatic N) is 1. The third kappa shape index (κ3) is 2.49. The first kappa shape index (κ1) is 13.7. The Bertz CT molecular complexity index is 535. The average molecular weight is 295 g/mol. The van der Waals surface area contributed by atoms with Crippen LogP contribution in [0.25, 0.3) is 0 Å². The number of anilines is 1. The minimum Gasteiger partial charge on any atom is -0.478 e. The van der Waals surface area contributed by atoms with Crippen molar-refractivity contribution in [2.24, 2.45) is 17.8 Å². The van der Waals surface area contributed by atoms with Gasteiger partial charge in [0.1, 0.15) is 16.5 Å². The number of aromatic carboxylic acids is 1. The van der Waals surface area contributed by atoms with Gasteiger partial charge < -0.3 is 10.4 Å². The summed E-state index contributed by atoms with van der Waals surface area (Å²) in [7, 11) is 0. The van der Waals surface area contributed by atoms with Crippen LogP contribution < -0.4 is 5.32 Å². The van der Waals surface area contributed by atoms with E-state index < -0.39 is 5.97 Å². The maximum atomic E-state index is 11.2. The standard InChI is InChI=1S/C15H19ClN2O2/c1-8(12-7-9-2-3-10(12)6-9)17-14-11(15(19)20)4-5-13(16)18-14/h4-5,8-10,12H,2-3,6-7H2,1H3,(H,17,18)(H,19,20). The molecule has 0 aliphatic heterocycles. The molecule has 0 radical (unpaired) electrons. The summed E-state index contributed by atoms with van der Waals surface area (Å²) in [5.74, 6) is 1.70. The molecular weight excluding hydrogens is 276 g/mol. The minimum atomic E-state index is -0.975. The molecule has 3 rings (SSSR count). The predicted octanol–water partition coefficient (Wildman–Crippen LogP) is 3.67. The zero-order valence-corrected chi connectivity index (χ0v) is 12.2. The summed E-state index contributed by atoms with van der Waals surface area (Å²) in [6.07, 6.45) is 5.27. The van der Waals surface area contributed by atoms with Crippen LogP contribution in [-0.4, -0.2) is 22.1 Å². The van der Waals surface area contributed by atoms with Crippen molar-refractivity contribution in [3.8, 4) is 0 Å². The molecule has 4 nitrogen and oxygen atoms in total. The lowest BCUT2D eigenvalue weighted by Gasteiger charge is -2.29. The molecule has 2 bridgehead atoms. The number of carboxylic acid groups (broad SMARTS) is 1. The van der Waals surface area contributed by atoms with Gasteiger partial charge in [-0.1, -0.05) is 18.0 Å². The molecule has 1 heterocycles. The van der Waals surface area contributed by atoms with Crippen molar-refractivity contribution in [3.05, 3.63) is 22.8 Å². The zero-order valence-electron chi connectivity index (χ0n) is 11.5. The van der Waals surface area contributed by atoms with E-state index in [0.717, 1.165) is 11.8 Å². The van der Waals surface area contributed by atoms with E-state index in [1.807, 2.05) is 0 Å². The van der Waals surface area contributed by atoms with Gasteiger partial charge in [-0.25, -0.2) is 9.78 Å². The van der Waals surface area contributed by atoms with Gasteiger partial charge in [0.05, 0.1) is 0 Å². The van der Waals surface area contributed by atoms with Crippen molar-refractivity contribution in [1.82, 2.24) is 4.98 Å². The van der Waals surface area contributed by atoms with Crippen LogP contribution in [-0.2, 0) is 0 Å². The highest BCUT2D eigenvalue weighted by atomic mass is 35.5. The smallest absolute Gasteiger partial charge is 0.339 e. The third-order valence-corrected chi connectivity index (χ3v) is 5.10. The van der Waals surface area contributed by atoms with Gasteiger partial charge in [-0.3, -0.25) is 0 Å². The molecule has 5 heteroatoms. The number of carbonyl (C=O) groups is 1. The summed E-state index contributed by atoms with van der Waals surface area (Å²) < 4.78 is 0. The normalized spacial score (nSPS) is 29.4. The molecule has 4 unspecified atom stereocenters. The molecule has 2 saturated carbocycles. The van der Waals surface area contributed by atoms with E-state index in [-0.39, 0.29) is 11.6 Å². The number of hydrogen-bond donors (Lipinski definition) is 2. The second-order valence-corrected chi connectivity index (χ2v) is 6.49. The fourth-order valence-electron chi connectivity index (χ4n) is 3.95. The first-order valence-electron chi connectivity index (χ1n) is 7.21. The van der Waals surface area contributed by atoms with Crippen molar-refractivity contribution in [2.75, 3.05) is 5.32 Å². The minimum absolute atomic E-state index is 0.185. The van der Waals surface area contributed by atoms with Crippen molar-refractivity contribution < 1.29 is 9.90 Å². The molecule has 2 fully saturated rings. The highest BCUT2D eigenvalue weighted by Gasteiger charge is 2.42. The van der Waals surface area contributed by atoms with Crippen LogP contribution in [0, 0.1) is 17.8 Å². The molecule has 4 atom stereocenters. The lowest BCUT2D eigenvalue weighted by molar-refractivity contribution is 0.0697. The van der Waals surface area contributed by atoms with E-state index in [1.54, 1.807) is 0 Å². The molecule has 2 aliphatic carbocycles. The van der Waals surface area contributed by atoms with Crippen LogP contribution in [0.4, 0.5) is 5.82 Å². The Labute approximate surface area is 123 Å². The molecule has 0 saturated heterocycles. The van der Waals surface area contributed by atoms with E-state index in [4.69, 9.17) is 11.6 Å². The molecule has 20 heavy (non-hydrogen) atoms. The fourth-order valence-corrected chi connectivity index (χ4v) is 4.09. The maximum absolute atomic E-state index is 11.2. The Hall–Kier alpha value is -1.29. The molecule has 2 N–H and O–H groups in total. The van der Waals surface area contributed by atoms with Crippen molar-refractivity contribution >= 4 is 23.4 Å². The van der Waals surface area contributed by atoms with Crippen LogP contribution in [0.1, 0.15) is 43.0 Å². The number of carboxylic acids is 1. The zero-order chi connectivity index (χ0) is 14.3. The SMILES string of the molecule is CC(Nc1nc(Cl)ccc1C(=O)O)C1CC2CCC1C2. The predicted molar refractivity (Wildman–Crippen MR) is 78.2 cm³/mol.